The molecule has 3 aromatic rings. The van der Waals surface area contributed by atoms with E-state index in [1.807, 2.05) is 0 Å². The molecule has 1 atom stereocenters. The van der Waals surface area contributed by atoms with Gasteiger partial charge in [0.1, 0.15) is 17.7 Å². The van der Waals surface area contributed by atoms with Gasteiger partial charge in [0.2, 0.25) is 0 Å². The van der Waals surface area contributed by atoms with Gasteiger partial charge in [-0.1, -0.05) is 29.9 Å². The van der Waals surface area contributed by atoms with Crippen molar-refractivity contribution in [1.29, 1.82) is 0 Å². The summed E-state index contributed by atoms with van der Waals surface area (Å²) in [7, 11) is 0. The number of carboxylic acids is 1. The van der Waals surface area contributed by atoms with Gasteiger partial charge in [0.05, 0.1) is 10.2 Å². The first-order valence-electron chi connectivity index (χ1n) is 7.88. The van der Waals surface area contributed by atoms with Gasteiger partial charge < -0.3 is 9.67 Å². The van der Waals surface area contributed by atoms with Crippen molar-refractivity contribution in [2.45, 2.75) is 19.4 Å². The lowest BCUT2D eigenvalue weighted by Gasteiger charge is -2.13. The molecule has 0 aliphatic heterocycles. The van der Waals surface area contributed by atoms with Crippen LogP contribution >= 0.6 is 22.9 Å². The number of halogens is 3. The molecular weight excluding hydrogens is 398 g/mol. The van der Waals surface area contributed by atoms with Gasteiger partial charge in [-0.3, -0.25) is 4.79 Å². The predicted molar refractivity (Wildman–Crippen MR) is 98.0 cm³/mol. The number of fused-ring (bicyclic) bond motifs is 1. The second-order valence-electron chi connectivity index (χ2n) is 5.70. The van der Waals surface area contributed by atoms with Gasteiger partial charge in [0.15, 0.2) is 4.80 Å². The number of aliphatic carboxylic acids is 1. The predicted octanol–water partition coefficient (Wildman–Crippen LogP) is 4.41. The quantitative estimate of drug-likeness (QED) is 0.692. The van der Waals surface area contributed by atoms with E-state index in [9.17, 15) is 23.5 Å². The zero-order valence-electron chi connectivity index (χ0n) is 13.9. The van der Waals surface area contributed by atoms with E-state index in [4.69, 9.17) is 11.6 Å². The maximum absolute atomic E-state index is 13.4. The fraction of sp³-hybridized carbons (Fsp3) is 0.167. The number of carbonyl (C=O) groups is 2. The number of carbonyl (C=O) groups excluding carboxylic acids is 1. The fourth-order valence-corrected chi connectivity index (χ4v) is 3.90. The minimum absolute atomic E-state index is 0.108. The Hall–Kier alpha value is -2.58. The highest BCUT2D eigenvalue weighted by Gasteiger charge is 2.22. The van der Waals surface area contributed by atoms with E-state index in [1.54, 1.807) is 25.1 Å². The summed E-state index contributed by atoms with van der Waals surface area (Å²) >= 11 is 7.12. The Balaban J connectivity index is 2.25. The van der Waals surface area contributed by atoms with E-state index in [-0.39, 0.29) is 16.8 Å². The van der Waals surface area contributed by atoms with Crippen LogP contribution in [-0.2, 0) is 4.79 Å². The normalized spacial score (nSPS) is 13.1. The molecule has 0 saturated carbocycles. The first-order chi connectivity index (χ1) is 12.8. The molecule has 9 heteroatoms. The highest BCUT2D eigenvalue weighted by atomic mass is 35.5. The second-order valence-corrected chi connectivity index (χ2v) is 7.15. The largest absolute Gasteiger partial charge is 0.480 e. The molecule has 0 bridgehead atoms. The SMILES string of the molecule is CCC(C(=O)O)n1/c(=N/C(=O)c2cc(F)cc(F)c2)sc2ccc(Cl)cc21. The average Bonchev–Trinajstić information content (AvgIpc) is 2.92. The van der Waals surface area contributed by atoms with Crippen LogP contribution in [0.5, 0.6) is 0 Å². The lowest BCUT2D eigenvalue weighted by molar-refractivity contribution is -0.140. The van der Waals surface area contributed by atoms with Gasteiger partial charge in [-0.15, -0.1) is 0 Å². The van der Waals surface area contributed by atoms with Gasteiger partial charge >= 0.3 is 5.97 Å². The highest BCUT2D eigenvalue weighted by molar-refractivity contribution is 7.16. The highest BCUT2D eigenvalue weighted by Crippen LogP contribution is 2.26. The van der Waals surface area contributed by atoms with Gasteiger partial charge in [0, 0.05) is 16.7 Å². The third-order valence-electron chi connectivity index (χ3n) is 3.88. The van der Waals surface area contributed by atoms with Crippen LogP contribution in [0, 0.1) is 11.6 Å². The molecule has 0 spiro atoms. The zero-order chi connectivity index (χ0) is 19.7. The van der Waals surface area contributed by atoms with Crippen LogP contribution in [0.2, 0.25) is 5.02 Å². The molecule has 3 rings (SSSR count). The molecular formula is C18H13ClF2N2O3S. The maximum Gasteiger partial charge on any atom is 0.326 e. The van der Waals surface area contributed by atoms with Crippen molar-refractivity contribution in [1.82, 2.24) is 4.57 Å². The van der Waals surface area contributed by atoms with Gasteiger partial charge in [-0.05, 0) is 36.8 Å². The monoisotopic (exact) mass is 410 g/mol. The maximum atomic E-state index is 13.4. The molecule has 1 unspecified atom stereocenters. The minimum Gasteiger partial charge on any atom is -0.480 e. The van der Waals surface area contributed by atoms with Crippen molar-refractivity contribution in [2.75, 3.05) is 0 Å². The van der Waals surface area contributed by atoms with E-state index >= 15 is 0 Å². The summed E-state index contributed by atoms with van der Waals surface area (Å²) in [5.74, 6) is -3.77. The van der Waals surface area contributed by atoms with E-state index in [1.165, 1.54) is 4.57 Å². The third kappa shape index (κ3) is 3.91. The van der Waals surface area contributed by atoms with Crippen LogP contribution in [0.25, 0.3) is 10.2 Å². The van der Waals surface area contributed by atoms with Crippen LogP contribution in [-0.4, -0.2) is 21.6 Å². The summed E-state index contributed by atoms with van der Waals surface area (Å²) in [4.78, 5) is 28.1. The molecule has 0 fully saturated rings. The van der Waals surface area contributed by atoms with E-state index in [2.05, 4.69) is 4.99 Å². The van der Waals surface area contributed by atoms with Gasteiger partial charge in [-0.2, -0.15) is 4.99 Å². The Morgan fingerprint density at radius 3 is 2.48 bits per heavy atom. The lowest BCUT2D eigenvalue weighted by atomic mass is 10.2. The number of rotatable bonds is 4. The smallest absolute Gasteiger partial charge is 0.326 e. The molecule has 1 N–H and O–H groups in total. The van der Waals surface area contributed by atoms with E-state index < -0.39 is 29.6 Å². The Bertz CT molecular complexity index is 1100. The summed E-state index contributed by atoms with van der Waals surface area (Å²) in [5.41, 5.74) is 0.247. The number of nitrogens with zero attached hydrogens (tertiary/aromatic N) is 2. The molecule has 2 aromatic carbocycles. The van der Waals surface area contributed by atoms with Crippen molar-refractivity contribution >= 4 is 45.0 Å². The number of aromatic nitrogens is 1. The molecule has 1 amide bonds. The number of benzene rings is 2. The summed E-state index contributed by atoms with van der Waals surface area (Å²) in [6.45, 7) is 1.69. The number of thiazole rings is 1. The minimum atomic E-state index is -1.09. The van der Waals surface area contributed by atoms with E-state index in [0.717, 1.165) is 23.5 Å². The van der Waals surface area contributed by atoms with Crippen LogP contribution < -0.4 is 4.80 Å². The second kappa shape index (κ2) is 7.58. The van der Waals surface area contributed by atoms with Crippen LogP contribution in [0.3, 0.4) is 0 Å². The zero-order valence-corrected chi connectivity index (χ0v) is 15.5. The third-order valence-corrected chi connectivity index (χ3v) is 5.15. The molecule has 0 aliphatic rings. The van der Waals surface area contributed by atoms with Crippen LogP contribution in [0.15, 0.2) is 41.4 Å². The number of hydrogen-bond acceptors (Lipinski definition) is 3. The molecule has 140 valence electrons. The first-order valence-corrected chi connectivity index (χ1v) is 9.08. The van der Waals surface area contributed by atoms with Crippen molar-refractivity contribution in [3.63, 3.8) is 0 Å². The standard InChI is InChI=1S/C18H13ClF2N2O3S/c1-2-13(17(25)26)23-14-7-10(19)3-4-15(14)27-18(23)22-16(24)9-5-11(20)8-12(21)6-9/h3-8,13H,2H2,1H3,(H,25,26)/b22-18-. The molecule has 1 heterocycles. The number of hydrogen-bond donors (Lipinski definition) is 1. The molecule has 0 saturated heterocycles. The van der Waals surface area contributed by atoms with E-state index in [0.29, 0.717) is 21.3 Å². The summed E-state index contributed by atoms with van der Waals surface area (Å²) in [5, 5.41) is 9.95. The Morgan fingerprint density at radius 2 is 1.89 bits per heavy atom. The molecule has 5 nitrogen and oxygen atoms in total. The number of carboxylic acid groups (broad SMARTS) is 1. The topological polar surface area (TPSA) is 71.7 Å². The Kier molecular flexibility index (Phi) is 5.38. The molecule has 1 aromatic heterocycles. The Morgan fingerprint density at radius 1 is 1.22 bits per heavy atom. The van der Waals surface area contributed by atoms with Gasteiger partial charge in [0.25, 0.3) is 5.91 Å². The molecule has 27 heavy (non-hydrogen) atoms. The average molecular weight is 411 g/mol. The van der Waals surface area contributed by atoms with Crippen molar-refractivity contribution in [3.8, 4) is 0 Å². The first kappa shape index (κ1) is 19.2. The summed E-state index contributed by atoms with van der Waals surface area (Å²) in [6, 6.07) is 6.34. The molecule has 0 radical (unpaired) electrons. The number of amides is 1. The van der Waals surface area contributed by atoms with Crippen molar-refractivity contribution < 1.29 is 23.5 Å². The van der Waals surface area contributed by atoms with Crippen LogP contribution in [0.1, 0.15) is 29.7 Å². The lowest BCUT2D eigenvalue weighted by Crippen LogP contribution is -2.27. The van der Waals surface area contributed by atoms with Crippen molar-refractivity contribution in [3.05, 3.63) is 63.4 Å². The fourth-order valence-electron chi connectivity index (χ4n) is 2.69. The summed E-state index contributed by atoms with van der Waals surface area (Å²) < 4.78 is 28.8. The molecule has 0 aliphatic carbocycles. The van der Waals surface area contributed by atoms with Crippen LogP contribution in [0.4, 0.5) is 8.78 Å². The Labute approximate surface area is 161 Å². The van der Waals surface area contributed by atoms with Gasteiger partial charge in [-0.25, -0.2) is 13.6 Å². The van der Waals surface area contributed by atoms with Crippen molar-refractivity contribution in [2.24, 2.45) is 4.99 Å². The summed E-state index contributed by atoms with van der Waals surface area (Å²) in [6.07, 6.45) is 0.240.